The minimum absolute atomic E-state index is 0.0141. The summed E-state index contributed by atoms with van der Waals surface area (Å²) >= 11 is 0. The summed E-state index contributed by atoms with van der Waals surface area (Å²) in [7, 11) is 1.80. The number of imide groups is 1. The molecule has 1 fully saturated rings. The molecule has 4 rings (SSSR count). The number of rotatable bonds is 7. The van der Waals surface area contributed by atoms with Crippen molar-refractivity contribution in [3.8, 4) is 5.75 Å². The highest BCUT2D eigenvalue weighted by Gasteiger charge is 2.31. The van der Waals surface area contributed by atoms with Crippen LogP contribution in [0, 0.1) is 12.8 Å². The van der Waals surface area contributed by atoms with E-state index in [1.54, 1.807) is 42.9 Å². The van der Waals surface area contributed by atoms with Crippen molar-refractivity contribution in [2.75, 3.05) is 29.9 Å². The van der Waals surface area contributed by atoms with Crippen LogP contribution < -0.4 is 20.3 Å². The lowest BCUT2D eigenvalue weighted by Gasteiger charge is -2.34. The number of piperidine rings is 1. The zero-order chi connectivity index (χ0) is 27.4. The predicted octanol–water partition coefficient (Wildman–Crippen LogP) is 3.81. The standard InChI is InChI=1S/C27H34N6O5/c1-6-37-26(35)18-10-12-33(13-11-18)23-21(15-28-24-22(23)17(4)31-32(24)5)25(34)30-27(36)29-19-8-7-9-20(14-19)38-16(2)3/h7-9,14-16,18H,6,10-13H2,1-5H3,(H2,29,30,34,36). The molecule has 3 heterocycles. The highest BCUT2D eigenvalue weighted by Crippen LogP contribution is 2.34. The Kier molecular flexibility index (Phi) is 8.13. The third-order valence-electron chi connectivity index (χ3n) is 6.37. The molecule has 0 atom stereocenters. The number of aromatic nitrogens is 3. The van der Waals surface area contributed by atoms with Crippen molar-refractivity contribution in [1.29, 1.82) is 0 Å². The number of aryl methyl sites for hydroxylation is 2. The topological polar surface area (TPSA) is 128 Å². The van der Waals surface area contributed by atoms with E-state index in [0.29, 0.717) is 55.3 Å². The van der Waals surface area contributed by atoms with Crippen molar-refractivity contribution in [1.82, 2.24) is 20.1 Å². The Bertz CT molecular complexity index is 1340. The second kappa shape index (κ2) is 11.5. The average Bonchev–Trinajstić information content (AvgIpc) is 3.16. The number of nitrogens with one attached hydrogen (secondary N) is 2. The van der Waals surface area contributed by atoms with E-state index in [4.69, 9.17) is 9.47 Å². The molecule has 0 saturated carbocycles. The molecule has 0 unspecified atom stereocenters. The lowest BCUT2D eigenvalue weighted by molar-refractivity contribution is -0.148. The van der Waals surface area contributed by atoms with Crippen LogP contribution in [0.1, 0.15) is 49.7 Å². The number of benzene rings is 1. The van der Waals surface area contributed by atoms with Gasteiger partial charge in [0.25, 0.3) is 5.91 Å². The summed E-state index contributed by atoms with van der Waals surface area (Å²) in [5.74, 6) is -0.351. The van der Waals surface area contributed by atoms with Crippen LogP contribution in [0.3, 0.4) is 0 Å². The molecule has 0 radical (unpaired) electrons. The van der Waals surface area contributed by atoms with E-state index in [2.05, 4.69) is 25.6 Å². The van der Waals surface area contributed by atoms with Gasteiger partial charge in [0.05, 0.1) is 41.0 Å². The van der Waals surface area contributed by atoms with Gasteiger partial charge < -0.3 is 19.7 Å². The highest BCUT2D eigenvalue weighted by atomic mass is 16.5. The van der Waals surface area contributed by atoms with Crippen LogP contribution in [-0.4, -0.2) is 58.5 Å². The van der Waals surface area contributed by atoms with E-state index in [1.807, 2.05) is 20.8 Å². The summed E-state index contributed by atoms with van der Waals surface area (Å²) < 4.78 is 12.5. The second-order valence-electron chi connectivity index (χ2n) is 9.54. The Labute approximate surface area is 221 Å². The van der Waals surface area contributed by atoms with Gasteiger partial charge in [-0.3, -0.25) is 19.6 Å². The maximum atomic E-state index is 13.4. The Morgan fingerprint density at radius 3 is 2.61 bits per heavy atom. The Morgan fingerprint density at radius 1 is 1.18 bits per heavy atom. The normalized spacial score (nSPS) is 14.0. The smallest absolute Gasteiger partial charge is 0.326 e. The average molecular weight is 523 g/mol. The quantitative estimate of drug-likeness (QED) is 0.449. The fourth-order valence-corrected chi connectivity index (χ4v) is 4.74. The second-order valence-corrected chi connectivity index (χ2v) is 9.54. The number of hydrogen-bond donors (Lipinski definition) is 2. The number of carbonyl (C=O) groups excluding carboxylic acids is 3. The molecule has 11 heteroatoms. The Balaban J connectivity index is 1.57. The summed E-state index contributed by atoms with van der Waals surface area (Å²) in [6.07, 6.45) is 2.65. The fourth-order valence-electron chi connectivity index (χ4n) is 4.74. The van der Waals surface area contributed by atoms with E-state index in [1.165, 1.54) is 6.20 Å². The third kappa shape index (κ3) is 5.87. The van der Waals surface area contributed by atoms with Gasteiger partial charge in [-0.1, -0.05) is 6.07 Å². The van der Waals surface area contributed by atoms with Crippen LogP contribution in [0.5, 0.6) is 5.75 Å². The molecule has 1 aliphatic rings. The zero-order valence-electron chi connectivity index (χ0n) is 22.4. The summed E-state index contributed by atoms with van der Waals surface area (Å²) in [5, 5.41) is 10.3. The molecule has 38 heavy (non-hydrogen) atoms. The first-order valence-corrected chi connectivity index (χ1v) is 12.8. The molecular formula is C27H34N6O5. The molecule has 0 spiro atoms. The van der Waals surface area contributed by atoms with Crippen molar-refractivity contribution >= 4 is 40.3 Å². The van der Waals surface area contributed by atoms with Gasteiger partial charge in [0.15, 0.2) is 5.65 Å². The molecule has 1 aliphatic heterocycles. The van der Waals surface area contributed by atoms with Gasteiger partial charge in [-0.15, -0.1) is 0 Å². The Hall–Kier alpha value is -4.15. The lowest BCUT2D eigenvalue weighted by atomic mass is 9.95. The molecule has 1 saturated heterocycles. The molecule has 0 aliphatic carbocycles. The zero-order valence-corrected chi connectivity index (χ0v) is 22.4. The van der Waals surface area contributed by atoms with Crippen molar-refractivity contribution in [2.45, 2.75) is 46.6 Å². The van der Waals surface area contributed by atoms with E-state index in [0.717, 1.165) is 11.1 Å². The molecule has 2 aromatic heterocycles. The number of nitrogens with zero attached hydrogens (tertiary/aromatic N) is 4. The fraction of sp³-hybridized carbons (Fsp3) is 0.444. The monoisotopic (exact) mass is 522 g/mol. The third-order valence-corrected chi connectivity index (χ3v) is 6.37. The Morgan fingerprint density at radius 2 is 1.92 bits per heavy atom. The molecule has 1 aromatic carbocycles. The van der Waals surface area contributed by atoms with Crippen LogP contribution in [0.15, 0.2) is 30.5 Å². The molecule has 3 amide bonds. The molecule has 2 N–H and O–H groups in total. The van der Waals surface area contributed by atoms with E-state index in [9.17, 15) is 14.4 Å². The number of esters is 1. The molecular weight excluding hydrogens is 488 g/mol. The van der Waals surface area contributed by atoms with E-state index < -0.39 is 11.9 Å². The number of urea groups is 1. The molecule has 202 valence electrons. The maximum Gasteiger partial charge on any atom is 0.326 e. The van der Waals surface area contributed by atoms with Gasteiger partial charge in [-0.2, -0.15) is 5.10 Å². The first-order chi connectivity index (χ1) is 18.2. The minimum atomic E-state index is -0.674. The number of ether oxygens (including phenoxy) is 2. The summed E-state index contributed by atoms with van der Waals surface area (Å²) in [6.45, 7) is 8.93. The molecule has 3 aromatic rings. The largest absolute Gasteiger partial charge is 0.491 e. The summed E-state index contributed by atoms with van der Waals surface area (Å²) in [5.41, 5.74) is 2.76. The van der Waals surface area contributed by atoms with Crippen LogP contribution in [0.2, 0.25) is 0 Å². The molecule has 11 nitrogen and oxygen atoms in total. The first kappa shape index (κ1) is 26.9. The van der Waals surface area contributed by atoms with Crippen molar-refractivity contribution in [3.63, 3.8) is 0 Å². The SMILES string of the molecule is CCOC(=O)C1CCN(c2c(C(=O)NC(=O)Nc3cccc(OC(C)C)c3)cnc3c2c(C)nn3C)CC1. The van der Waals surface area contributed by atoms with E-state index >= 15 is 0 Å². The van der Waals surface area contributed by atoms with Crippen molar-refractivity contribution in [2.24, 2.45) is 13.0 Å². The van der Waals surface area contributed by atoms with Gasteiger partial charge >= 0.3 is 12.0 Å². The van der Waals surface area contributed by atoms with Crippen molar-refractivity contribution in [3.05, 3.63) is 41.7 Å². The number of hydrogen-bond acceptors (Lipinski definition) is 8. The van der Waals surface area contributed by atoms with E-state index in [-0.39, 0.29) is 23.6 Å². The number of carbonyl (C=O) groups is 3. The molecule has 0 bridgehead atoms. The predicted molar refractivity (Wildman–Crippen MR) is 144 cm³/mol. The van der Waals surface area contributed by atoms with Gasteiger partial charge in [0.1, 0.15) is 5.75 Å². The number of fused-ring (bicyclic) bond motifs is 1. The van der Waals surface area contributed by atoms with Crippen molar-refractivity contribution < 1.29 is 23.9 Å². The minimum Gasteiger partial charge on any atom is -0.491 e. The van der Waals surface area contributed by atoms with Gasteiger partial charge in [-0.25, -0.2) is 9.78 Å². The highest BCUT2D eigenvalue weighted by molar-refractivity contribution is 6.13. The van der Waals surface area contributed by atoms with Crippen LogP contribution in [0.4, 0.5) is 16.2 Å². The van der Waals surface area contributed by atoms with Gasteiger partial charge in [0, 0.05) is 38.1 Å². The number of pyridine rings is 1. The summed E-state index contributed by atoms with van der Waals surface area (Å²) in [6, 6.07) is 6.28. The number of anilines is 2. The first-order valence-electron chi connectivity index (χ1n) is 12.8. The van der Waals surface area contributed by atoms with Crippen LogP contribution in [-0.2, 0) is 16.6 Å². The van der Waals surface area contributed by atoms with Crippen LogP contribution in [0.25, 0.3) is 11.0 Å². The maximum absolute atomic E-state index is 13.4. The van der Waals surface area contributed by atoms with Crippen LogP contribution >= 0.6 is 0 Å². The summed E-state index contributed by atoms with van der Waals surface area (Å²) in [4.78, 5) is 44.9. The number of amides is 3. The lowest BCUT2D eigenvalue weighted by Crippen LogP contribution is -2.39. The van der Waals surface area contributed by atoms with Gasteiger partial charge in [0.2, 0.25) is 0 Å². The van der Waals surface area contributed by atoms with Gasteiger partial charge in [-0.05, 0) is 52.7 Å².